The van der Waals surface area contributed by atoms with Crippen LogP contribution in [0.2, 0.25) is 0 Å². The number of carboxylic acid groups (broad SMARTS) is 1. The molecule has 1 aliphatic carbocycles. The van der Waals surface area contributed by atoms with E-state index in [1.54, 1.807) is 0 Å². The highest BCUT2D eigenvalue weighted by Crippen LogP contribution is 2.45. The van der Waals surface area contributed by atoms with Gasteiger partial charge in [-0.3, -0.25) is 4.79 Å². The standard InChI is InChI=1S/C11H18O3/c1-3-7(11(12)13)8-5-10-9(14-10)4-6(8)2/h6-10H,3-5H2,1-2H3,(H,12,13). The molecule has 1 N–H and O–H groups in total. The minimum atomic E-state index is -0.636. The lowest BCUT2D eigenvalue weighted by molar-refractivity contribution is -0.145. The van der Waals surface area contributed by atoms with Gasteiger partial charge >= 0.3 is 5.97 Å². The van der Waals surface area contributed by atoms with E-state index in [1.807, 2.05) is 6.92 Å². The van der Waals surface area contributed by atoms with Crippen LogP contribution in [-0.4, -0.2) is 23.3 Å². The maximum Gasteiger partial charge on any atom is 0.306 e. The van der Waals surface area contributed by atoms with Crippen LogP contribution in [-0.2, 0) is 9.53 Å². The van der Waals surface area contributed by atoms with Gasteiger partial charge in [-0.05, 0) is 31.1 Å². The fourth-order valence-electron chi connectivity index (χ4n) is 2.86. The fourth-order valence-corrected chi connectivity index (χ4v) is 2.86. The van der Waals surface area contributed by atoms with E-state index < -0.39 is 5.97 Å². The SMILES string of the molecule is CCC(C(=O)O)C1CC2OC2CC1C. The van der Waals surface area contributed by atoms with Crippen LogP contribution in [0.3, 0.4) is 0 Å². The molecule has 0 aromatic carbocycles. The number of fused-ring (bicyclic) bond motifs is 1. The van der Waals surface area contributed by atoms with E-state index in [4.69, 9.17) is 9.84 Å². The molecule has 0 bridgehead atoms. The molecule has 3 heteroatoms. The Bertz CT molecular complexity index is 239. The first-order valence-electron chi connectivity index (χ1n) is 5.51. The zero-order valence-corrected chi connectivity index (χ0v) is 8.77. The van der Waals surface area contributed by atoms with Crippen molar-refractivity contribution in [2.45, 2.75) is 45.3 Å². The monoisotopic (exact) mass is 198 g/mol. The van der Waals surface area contributed by atoms with Crippen molar-refractivity contribution in [2.75, 3.05) is 0 Å². The molecule has 5 atom stereocenters. The van der Waals surface area contributed by atoms with Gasteiger partial charge in [-0.15, -0.1) is 0 Å². The Balaban J connectivity index is 2.03. The summed E-state index contributed by atoms with van der Waals surface area (Å²) in [5.74, 6) is 0.0136. The van der Waals surface area contributed by atoms with Crippen LogP contribution < -0.4 is 0 Å². The number of carboxylic acids is 1. The van der Waals surface area contributed by atoms with Crippen LogP contribution in [0.5, 0.6) is 0 Å². The predicted octanol–water partition coefficient (Wildman–Crippen LogP) is 1.91. The summed E-state index contributed by atoms with van der Waals surface area (Å²) in [5.41, 5.74) is 0. The van der Waals surface area contributed by atoms with Gasteiger partial charge in [0.2, 0.25) is 0 Å². The molecule has 80 valence electrons. The Morgan fingerprint density at radius 3 is 2.71 bits per heavy atom. The topological polar surface area (TPSA) is 49.8 Å². The molecule has 2 rings (SSSR count). The second kappa shape index (κ2) is 3.54. The van der Waals surface area contributed by atoms with E-state index in [-0.39, 0.29) is 5.92 Å². The Morgan fingerprint density at radius 2 is 2.14 bits per heavy atom. The summed E-state index contributed by atoms with van der Waals surface area (Å²) in [6.07, 6.45) is 3.58. The fraction of sp³-hybridized carbons (Fsp3) is 0.909. The molecule has 1 heterocycles. The summed E-state index contributed by atoms with van der Waals surface area (Å²) in [7, 11) is 0. The second-order valence-corrected chi connectivity index (χ2v) is 4.68. The van der Waals surface area contributed by atoms with Crippen molar-refractivity contribution in [1.82, 2.24) is 0 Å². The van der Waals surface area contributed by atoms with Gasteiger partial charge in [0.05, 0.1) is 18.1 Å². The van der Waals surface area contributed by atoms with Crippen LogP contribution in [0, 0.1) is 17.8 Å². The third-order valence-electron chi connectivity index (χ3n) is 3.80. The van der Waals surface area contributed by atoms with Gasteiger partial charge in [0, 0.05) is 0 Å². The number of epoxide rings is 1. The zero-order chi connectivity index (χ0) is 10.3. The van der Waals surface area contributed by atoms with Crippen LogP contribution >= 0.6 is 0 Å². The lowest BCUT2D eigenvalue weighted by atomic mass is 9.72. The summed E-state index contributed by atoms with van der Waals surface area (Å²) < 4.78 is 5.46. The average Bonchev–Trinajstić information content (AvgIpc) is 2.83. The first-order chi connectivity index (χ1) is 6.63. The molecule has 0 spiro atoms. The molecule has 5 unspecified atom stereocenters. The van der Waals surface area contributed by atoms with Gasteiger partial charge in [0.1, 0.15) is 0 Å². The molecule has 0 radical (unpaired) electrons. The highest BCUT2D eigenvalue weighted by atomic mass is 16.6. The summed E-state index contributed by atoms with van der Waals surface area (Å²) in [5, 5.41) is 9.10. The van der Waals surface area contributed by atoms with Gasteiger partial charge < -0.3 is 9.84 Å². The normalized spacial score (nSPS) is 42.7. The molecule has 0 aromatic rings. The molecule has 0 amide bonds. The Labute approximate surface area is 84.4 Å². The molecule has 1 saturated heterocycles. The summed E-state index contributed by atoms with van der Waals surface area (Å²) >= 11 is 0. The number of rotatable bonds is 3. The largest absolute Gasteiger partial charge is 0.481 e. The van der Waals surface area contributed by atoms with Crippen molar-refractivity contribution < 1.29 is 14.6 Å². The number of aliphatic carboxylic acids is 1. The molecule has 2 aliphatic rings. The molecular formula is C11H18O3. The van der Waals surface area contributed by atoms with Crippen molar-refractivity contribution in [3.05, 3.63) is 0 Å². The molecule has 2 fully saturated rings. The number of hydrogen-bond donors (Lipinski definition) is 1. The van der Waals surface area contributed by atoms with E-state index >= 15 is 0 Å². The average molecular weight is 198 g/mol. The van der Waals surface area contributed by atoms with E-state index in [1.165, 1.54) is 0 Å². The summed E-state index contributed by atoms with van der Waals surface area (Å²) in [4.78, 5) is 11.1. The number of carbonyl (C=O) groups is 1. The maximum absolute atomic E-state index is 11.1. The van der Waals surface area contributed by atoms with Crippen molar-refractivity contribution in [3.63, 3.8) is 0 Å². The maximum atomic E-state index is 11.1. The molecule has 3 nitrogen and oxygen atoms in total. The first-order valence-corrected chi connectivity index (χ1v) is 5.51. The molecule has 14 heavy (non-hydrogen) atoms. The first kappa shape index (κ1) is 9.97. The molecular weight excluding hydrogens is 180 g/mol. The van der Waals surface area contributed by atoms with E-state index in [0.29, 0.717) is 24.0 Å². The summed E-state index contributed by atoms with van der Waals surface area (Å²) in [6, 6.07) is 0. The second-order valence-electron chi connectivity index (χ2n) is 4.68. The van der Waals surface area contributed by atoms with Crippen LogP contribution in [0.1, 0.15) is 33.1 Å². The third kappa shape index (κ3) is 1.65. The quantitative estimate of drug-likeness (QED) is 0.705. The predicted molar refractivity (Wildman–Crippen MR) is 52.0 cm³/mol. The zero-order valence-electron chi connectivity index (χ0n) is 8.77. The van der Waals surface area contributed by atoms with Gasteiger partial charge in [0.15, 0.2) is 0 Å². The number of ether oxygens (including phenoxy) is 1. The minimum Gasteiger partial charge on any atom is -0.481 e. The van der Waals surface area contributed by atoms with Crippen molar-refractivity contribution >= 4 is 5.97 Å². The Hall–Kier alpha value is -0.570. The van der Waals surface area contributed by atoms with Gasteiger partial charge in [0.25, 0.3) is 0 Å². The summed E-state index contributed by atoms with van der Waals surface area (Å²) in [6.45, 7) is 4.12. The molecule has 1 saturated carbocycles. The van der Waals surface area contributed by atoms with E-state index in [2.05, 4.69) is 6.92 Å². The smallest absolute Gasteiger partial charge is 0.306 e. The van der Waals surface area contributed by atoms with Crippen LogP contribution in [0.15, 0.2) is 0 Å². The molecule has 1 aliphatic heterocycles. The number of hydrogen-bond acceptors (Lipinski definition) is 2. The highest BCUT2D eigenvalue weighted by molar-refractivity contribution is 5.70. The third-order valence-corrected chi connectivity index (χ3v) is 3.80. The highest BCUT2D eigenvalue weighted by Gasteiger charge is 2.49. The lowest BCUT2D eigenvalue weighted by Gasteiger charge is -2.30. The van der Waals surface area contributed by atoms with Crippen molar-refractivity contribution in [3.8, 4) is 0 Å². The molecule has 0 aromatic heterocycles. The van der Waals surface area contributed by atoms with Crippen LogP contribution in [0.4, 0.5) is 0 Å². The minimum absolute atomic E-state index is 0.171. The van der Waals surface area contributed by atoms with Crippen LogP contribution in [0.25, 0.3) is 0 Å². The lowest BCUT2D eigenvalue weighted by Crippen LogP contribution is -2.32. The van der Waals surface area contributed by atoms with Gasteiger partial charge in [-0.2, -0.15) is 0 Å². The van der Waals surface area contributed by atoms with Gasteiger partial charge in [-0.1, -0.05) is 13.8 Å². The van der Waals surface area contributed by atoms with E-state index in [9.17, 15) is 4.79 Å². The van der Waals surface area contributed by atoms with Crippen molar-refractivity contribution in [1.29, 1.82) is 0 Å². The van der Waals surface area contributed by atoms with E-state index in [0.717, 1.165) is 19.3 Å². The van der Waals surface area contributed by atoms with Gasteiger partial charge in [-0.25, -0.2) is 0 Å². The van der Waals surface area contributed by atoms with Crippen molar-refractivity contribution in [2.24, 2.45) is 17.8 Å². The Kier molecular flexibility index (Phi) is 2.52. The Morgan fingerprint density at radius 1 is 1.50 bits per heavy atom.